The molecule has 1 fully saturated rings. The Bertz CT molecular complexity index is 644. The molecule has 0 bridgehead atoms. The number of hydrogen-bond donors (Lipinski definition) is 0. The zero-order valence-corrected chi connectivity index (χ0v) is 13.2. The van der Waals surface area contributed by atoms with Crippen LogP contribution >= 0.6 is 0 Å². The molecular formula is C17H22N4O2. The van der Waals surface area contributed by atoms with Crippen molar-refractivity contribution in [2.75, 3.05) is 26.3 Å². The molecule has 0 radical (unpaired) electrons. The lowest BCUT2D eigenvalue weighted by atomic mass is 10.0. The Morgan fingerprint density at radius 2 is 2.26 bits per heavy atom. The number of hydrogen-bond acceptors (Lipinski definition) is 5. The number of aryl methyl sites for hydroxylation is 1. The van der Waals surface area contributed by atoms with E-state index in [9.17, 15) is 0 Å². The number of aromatic nitrogens is 3. The highest BCUT2D eigenvalue weighted by Gasteiger charge is 2.21. The van der Waals surface area contributed by atoms with Crippen molar-refractivity contribution in [2.24, 2.45) is 0 Å². The van der Waals surface area contributed by atoms with Crippen LogP contribution in [0.2, 0.25) is 0 Å². The van der Waals surface area contributed by atoms with Crippen molar-refractivity contribution in [3.05, 3.63) is 42.0 Å². The van der Waals surface area contributed by atoms with Crippen LogP contribution in [0.4, 0.5) is 0 Å². The molecule has 1 aromatic carbocycles. The van der Waals surface area contributed by atoms with E-state index < -0.39 is 0 Å². The summed E-state index contributed by atoms with van der Waals surface area (Å²) in [6.45, 7) is 5.24. The first-order valence-electron chi connectivity index (χ1n) is 8.28. The second-order valence-corrected chi connectivity index (χ2v) is 6.24. The van der Waals surface area contributed by atoms with E-state index in [0.29, 0.717) is 0 Å². The number of ether oxygens (including phenoxy) is 2. The SMILES string of the molecule is c1ncn(CC2CN(Cc3ccc4c(c3)CCCO4)CCO2)n1. The first-order chi connectivity index (χ1) is 11.4. The molecule has 0 N–H and O–H groups in total. The van der Waals surface area contributed by atoms with Gasteiger partial charge in [-0.25, -0.2) is 4.98 Å². The maximum atomic E-state index is 5.86. The van der Waals surface area contributed by atoms with Crippen molar-refractivity contribution in [1.82, 2.24) is 19.7 Å². The van der Waals surface area contributed by atoms with Crippen LogP contribution in [0.1, 0.15) is 17.5 Å². The molecule has 2 aliphatic heterocycles. The highest BCUT2D eigenvalue weighted by Crippen LogP contribution is 2.26. The van der Waals surface area contributed by atoms with Gasteiger partial charge in [-0.05, 0) is 30.0 Å². The average molecular weight is 314 g/mol. The standard InChI is InChI=1S/C17H22N4O2/c1-2-15-8-14(3-4-17(15)23-6-1)9-20-5-7-22-16(10-20)11-21-13-18-12-19-21/h3-4,8,12-13,16H,1-2,5-7,9-11H2. The van der Waals surface area contributed by atoms with Gasteiger partial charge < -0.3 is 9.47 Å². The van der Waals surface area contributed by atoms with Crippen molar-refractivity contribution in [2.45, 2.75) is 32.0 Å². The molecule has 3 heterocycles. The van der Waals surface area contributed by atoms with Crippen LogP contribution in [0, 0.1) is 0 Å². The average Bonchev–Trinajstić information content (AvgIpc) is 3.08. The van der Waals surface area contributed by atoms with Crippen LogP contribution in [-0.2, 0) is 24.2 Å². The number of morpholine rings is 1. The molecule has 6 nitrogen and oxygen atoms in total. The lowest BCUT2D eigenvalue weighted by molar-refractivity contribution is -0.0402. The molecule has 1 unspecified atom stereocenters. The number of benzene rings is 1. The predicted octanol–water partition coefficient (Wildman–Crippen LogP) is 1.50. The van der Waals surface area contributed by atoms with Crippen LogP contribution in [-0.4, -0.2) is 52.1 Å². The molecule has 1 atom stereocenters. The summed E-state index contributed by atoms with van der Waals surface area (Å²) in [4.78, 5) is 6.44. The van der Waals surface area contributed by atoms with E-state index in [4.69, 9.17) is 9.47 Å². The van der Waals surface area contributed by atoms with Crippen molar-refractivity contribution in [3.63, 3.8) is 0 Å². The van der Waals surface area contributed by atoms with Gasteiger partial charge in [0.1, 0.15) is 18.4 Å². The first kappa shape index (κ1) is 14.7. The van der Waals surface area contributed by atoms with E-state index >= 15 is 0 Å². The Morgan fingerprint density at radius 1 is 1.26 bits per heavy atom. The van der Waals surface area contributed by atoms with Gasteiger partial charge in [-0.15, -0.1) is 0 Å². The molecule has 0 saturated carbocycles. The topological polar surface area (TPSA) is 52.4 Å². The van der Waals surface area contributed by atoms with Gasteiger partial charge in [-0.3, -0.25) is 9.58 Å². The fraction of sp³-hybridized carbons (Fsp3) is 0.529. The molecule has 1 aromatic heterocycles. The Morgan fingerprint density at radius 3 is 3.17 bits per heavy atom. The molecule has 2 aliphatic rings. The Kier molecular flexibility index (Phi) is 4.26. The summed E-state index contributed by atoms with van der Waals surface area (Å²) in [5.74, 6) is 1.06. The van der Waals surface area contributed by atoms with E-state index in [-0.39, 0.29) is 6.10 Å². The van der Waals surface area contributed by atoms with Crippen molar-refractivity contribution in [1.29, 1.82) is 0 Å². The Labute approximate surface area is 136 Å². The highest BCUT2D eigenvalue weighted by molar-refractivity contribution is 5.38. The molecule has 23 heavy (non-hydrogen) atoms. The minimum absolute atomic E-state index is 0.173. The second kappa shape index (κ2) is 6.68. The number of rotatable bonds is 4. The quantitative estimate of drug-likeness (QED) is 0.856. The maximum absolute atomic E-state index is 5.86. The van der Waals surface area contributed by atoms with Gasteiger partial charge in [-0.1, -0.05) is 12.1 Å². The van der Waals surface area contributed by atoms with E-state index in [2.05, 4.69) is 33.2 Å². The predicted molar refractivity (Wildman–Crippen MR) is 85.3 cm³/mol. The van der Waals surface area contributed by atoms with Gasteiger partial charge in [0.25, 0.3) is 0 Å². The zero-order chi connectivity index (χ0) is 15.5. The van der Waals surface area contributed by atoms with Crippen molar-refractivity contribution in [3.8, 4) is 5.75 Å². The summed E-state index contributed by atoms with van der Waals surface area (Å²) >= 11 is 0. The summed E-state index contributed by atoms with van der Waals surface area (Å²) < 4.78 is 13.4. The lowest BCUT2D eigenvalue weighted by Gasteiger charge is -2.33. The van der Waals surface area contributed by atoms with Gasteiger partial charge in [0, 0.05) is 19.6 Å². The minimum Gasteiger partial charge on any atom is -0.493 e. The van der Waals surface area contributed by atoms with Crippen LogP contribution in [0.3, 0.4) is 0 Å². The third kappa shape index (κ3) is 3.54. The molecular weight excluding hydrogens is 292 g/mol. The van der Waals surface area contributed by atoms with E-state index in [1.54, 1.807) is 12.7 Å². The largest absolute Gasteiger partial charge is 0.493 e. The van der Waals surface area contributed by atoms with Crippen molar-refractivity contribution < 1.29 is 9.47 Å². The zero-order valence-electron chi connectivity index (χ0n) is 13.2. The molecule has 2 aromatic rings. The van der Waals surface area contributed by atoms with Crippen LogP contribution in [0.25, 0.3) is 0 Å². The lowest BCUT2D eigenvalue weighted by Crippen LogP contribution is -2.43. The number of nitrogens with zero attached hydrogens (tertiary/aromatic N) is 4. The highest BCUT2D eigenvalue weighted by atomic mass is 16.5. The van der Waals surface area contributed by atoms with Gasteiger partial charge in [0.2, 0.25) is 0 Å². The molecule has 0 aliphatic carbocycles. The third-order valence-corrected chi connectivity index (χ3v) is 4.46. The molecule has 6 heteroatoms. The van der Waals surface area contributed by atoms with Crippen LogP contribution in [0.5, 0.6) is 5.75 Å². The fourth-order valence-corrected chi connectivity index (χ4v) is 3.34. The Balaban J connectivity index is 1.38. The van der Waals surface area contributed by atoms with E-state index in [1.165, 1.54) is 11.1 Å². The minimum atomic E-state index is 0.173. The molecule has 0 amide bonds. The van der Waals surface area contributed by atoms with E-state index in [1.807, 2.05) is 4.68 Å². The van der Waals surface area contributed by atoms with Gasteiger partial charge in [0.05, 0.1) is 25.9 Å². The normalized spacial score (nSPS) is 21.7. The Hall–Kier alpha value is -1.92. The summed E-state index contributed by atoms with van der Waals surface area (Å²) in [5, 5.41) is 4.16. The molecule has 0 spiro atoms. The van der Waals surface area contributed by atoms with Gasteiger partial charge in [0.15, 0.2) is 0 Å². The van der Waals surface area contributed by atoms with Crippen LogP contribution in [0.15, 0.2) is 30.9 Å². The summed E-state index contributed by atoms with van der Waals surface area (Å²) in [6, 6.07) is 6.61. The monoisotopic (exact) mass is 314 g/mol. The number of fused-ring (bicyclic) bond motifs is 1. The van der Waals surface area contributed by atoms with E-state index in [0.717, 1.165) is 58.0 Å². The molecule has 122 valence electrons. The van der Waals surface area contributed by atoms with Gasteiger partial charge >= 0.3 is 0 Å². The third-order valence-electron chi connectivity index (χ3n) is 4.46. The summed E-state index contributed by atoms with van der Waals surface area (Å²) in [7, 11) is 0. The van der Waals surface area contributed by atoms with Crippen molar-refractivity contribution >= 4 is 0 Å². The van der Waals surface area contributed by atoms with Gasteiger partial charge in [-0.2, -0.15) is 5.10 Å². The molecule has 4 rings (SSSR count). The smallest absolute Gasteiger partial charge is 0.137 e. The van der Waals surface area contributed by atoms with Crippen LogP contribution < -0.4 is 4.74 Å². The maximum Gasteiger partial charge on any atom is 0.137 e. The first-order valence-corrected chi connectivity index (χ1v) is 8.28. The summed E-state index contributed by atoms with van der Waals surface area (Å²) in [5.41, 5.74) is 2.71. The second-order valence-electron chi connectivity index (χ2n) is 6.24. The summed E-state index contributed by atoms with van der Waals surface area (Å²) in [6.07, 6.45) is 5.72. The molecule has 1 saturated heterocycles. The fourth-order valence-electron chi connectivity index (χ4n) is 3.34.